The number of hydrogen-bond donors (Lipinski definition) is 1. The van der Waals surface area contributed by atoms with Crippen LogP contribution < -0.4 is 5.32 Å². The molecule has 134 valence electrons. The van der Waals surface area contributed by atoms with Crippen LogP contribution >= 0.6 is 34.7 Å². The van der Waals surface area contributed by atoms with Gasteiger partial charge in [0.15, 0.2) is 0 Å². The van der Waals surface area contributed by atoms with Gasteiger partial charge in [-0.15, -0.1) is 23.1 Å². The Bertz CT molecular complexity index is 714. The van der Waals surface area contributed by atoms with Crippen molar-refractivity contribution >= 4 is 46.3 Å². The lowest BCUT2D eigenvalue weighted by molar-refractivity contribution is -0.117. The lowest BCUT2D eigenvalue weighted by Gasteiger charge is -2.34. The number of hydrogen-bond acceptors (Lipinski definition) is 5. The number of carbonyl (C=O) groups is 1. The van der Waals surface area contributed by atoms with Crippen molar-refractivity contribution < 1.29 is 4.79 Å². The number of halogens is 1. The number of nitrogens with zero attached hydrogens (tertiary/aromatic N) is 2. The zero-order chi connectivity index (χ0) is 17.6. The first kappa shape index (κ1) is 18.7. The quantitative estimate of drug-likeness (QED) is 0.753. The predicted molar refractivity (Wildman–Crippen MR) is 108 cm³/mol. The van der Waals surface area contributed by atoms with Gasteiger partial charge in [0.1, 0.15) is 0 Å². The van der Waals surface area contributed by atoms with E-state index in [9.17, 15) is 4.79 Å². The summed E-state index contributed by atoms with van der Waals surface area (Å²) in [6, 6.07) is 12.0. The van der Waals surface area contributed by atoms with Crippen molar-refractivity contribution in [2.45, 2.75) is 11.4 Å². The van der Waals surface area contributed by atoms with Crippen LogP contribution in [-0.4, -0.2) is 54.7 Å². The first-order valence-electron chi connectivity index (χ1n) is 8.26. The molecule has 0 spiro atoms. The summed E-state index contributed by atoms with van der Waals surface area (Å²) in [6.07, 6.45) is 2.02. The van der Waals surface area contributed by atoms with E-state index in [1.807, 2.05) is 36.6 Å². The fraction of sp³-hybridized carbons (Fsp3) is 0.389. The molecule has 1 amide bonds. The Kier molecular flexibility index (Phi) is 6.78. The van der Waals surface area contributed by atoms with Crippen LogP contribution in [-0.2, 0) is 11.3 Å². The molecule has 7 heteroatoms. The number of anilines is 1. The molecule has 0 radical (unpaired) electrons. The third-order valence-electron chi connectivity index (χ3n) is 4.22. The molecule has 1 aliphatic heterocycles. The minimum absolute atomic E-state index is 0.0555. The fourth-order valence-electron chi connectivity index (χ4n) is 2.90. The molecule has 1 aromatic heterocycles. The molecule has 4 nitrogen and oxygen atoms in total. The van der Waals surface area contributed by atoms with Gasteiger partial charge in [-0.25, -0.2) is 0 Å². The second-order valence-corrected chi connectivity index (χ2v) is 8.65. The van der Waals surface area contributed by atoms with E-state index in [4.69, 9.17) is 11.6 Å². The monoisotopic (exact) mass is 395 g/mol. The molecule has 0 unspecified atom stereocenters. The van der Waals surface area contributed by atoms with Crippen LogP contribution in [0.2, 0.25) is 4.34 Å². The SMILES string of the molecule is CSc1ccccc1NC(=O)CN1CCN(Cc2ccc(Cl)s2)CC1. The number of thiophene rings is 1. The Morgan fingerprint density at radius 1 is 1.16 bits per heavy atom. The van der Waals surface area contributed by atoms with Gasteiger partial charge in [-0.05, 0) is 30.5 Å². The van der Waals surface area contributed by atoms with E-state index in [-0.39, 0.29) is 5.91 Å². The summed E-state index contributed by atoms with van der Waals surface area (Å²) >= 11 is 9.28. The lowest BCUT2D eigenvalue weighted by Crippen LogP contribution is -2.48. The number of nitrogens with one attached hydrogen (secondary N) is 1. The summed E-state index contributed by atoms with van der Waals surface area (Å²) in [5.41, 5.74) is 0.896. The molecular weight excluding hydrogens is 374 g/mol. The van der Waals surface area contributed by atoms with Crippen molar-refractivity contribution in [3.05, 3.63) is 45.6 Å². The Morgan fingerprint density at radius 2 is 1.88 bits per heavy atom. The second kappa shape index (κ2) is 9.05. The van der Waals surface area contributed by atoms with Crippen LogP contribution in [0.1, 0.15) is 4.88 Å². The highest BCUT2D eigenvalue weighted by molar-refractivity contribution is 7.98. The van der Waals surface area contributed by atoms with Gasteiger partial charge < -0.3 is 5.32 Å². The molecule has 1 aliphatic rings. The number of thioether (sulfide) groups is 1. The third kappa shape index (κ3) is 5.46. The largest absolute Gasteiger partial charge is 0.324 e. The molecule has 0 aliphatic carbocycles. The van der Waals surface area contributed by atoms with Gasteiger partial charge in [0, 0.05) is 42.5 Å². The van der Waals surface area contributed by atoms with Crippen molar-refractivity contribution in [2.24, 2.45) is 0 Å². The molecule has 1 aromatic carbocycles. The van der Waals surface area contributed by atoms with Crippen LogP contribution in [0.5, 0.6) is 0 Å². The minimum atomic E-state index is 0.0555. The van der Waals surface area contributed by atoms with Crippen molar-refractivity contribution in [3.63, 3.8) is 0 Å². The van der Waals surface area contributed by atoms with Crippen molar-refractivity contribution in [1.29, 1.82) is 0 Å². The van der Waals surface area contributed by atoms with Crippen LogP contribution in [0.25, 0.3) is 0 Å². The summed E-state index contributed by atoms with van der Waals surface area (Å²) in [5.74, 6) is 0.0555. The number of amides is 1. The number of carbonyl (C=O) groups excluding carboxylic acids is 1. The number of rotatable bonds is 6. The molecule has 0 atom stereocenters. The van der Waals surface area contributed by atoms with Crippen LogP contribution in [0, 0.1) is 0 Å². The molecule has 0 saturated carbocycles. The van der Waals surface area contributed by atoms with Crippen molar-refractivity contribution in [3.8, 4) is 0 Å². The van der Waals surface area contributed by atoms with E-state index in [0.717, 1.165) is 47.6 Å². The van der Waals surface area contributed by atoms with Crippen LogP contribution in [0.4, 0.5) is 5.69 Å². The van der Waals surface area contributed by atoms with Gasteiger partial charge in [-0.1, -0.05) is 23.7 Å². The summed E-state index contributed by atoms with van der Waals surface area (Å²) in [4.78, 5) is 19.4. The maximum absolute atomic E-state index is 12.3. The first-order valence-corrected chi connectivity index (χ1v) is 10.7. The van der Waals surface area contributed by atoms with E-state index in [0.29, 0.717) is 6.54 Å². The van der Waals surface area contributed by atoms with E-state index in [1.54, 1.807) is 23.1 Å². The molecular formula is C18H22ClN3OS2. The number of benzene rings is 1. The highest BCUT2D eigenvalue weighted by Crippen LogP contribution is 2.25. The van der Waals surface area contributed by atoms with Crippen molar-refractivity contribution in [2.75, 3.05) is 44.3 Å². The average molecular weight is 396 g/mol. The standard InChI is InChI=1S/C18H22ClN3OS2/c1-24-16-5-3-2-4-15(16)20-18(23)13-22-10-8-21(9-11-22)12-14-6-7-17(19)25-14/h2-7H,8-13H2,1H3,(H,20,23). The van der Waals surface area contributed by atoms with E-state index in [1.165, 1.54) is 4.88 Å². The number of piperazine rings is 1. The fourth-order valence-corrected chi connectivity index (χ4v) is 4.59. The van der Waals surface area contributed by atoms with E-state index < -0.39 is 0 Å². The van der Waals surface area contributed by atoms with Gasteiger partial charge in [0.05, 0.1) is 16.6 Å². The summed E-state index contributed by atoms with van der Waals surface area (Å²) < 4.78 is 0.843. The van der Waals surface area contributed by atoms with Gasteiger partial charge in [0.2, 0.25) is 5.91 Å². The van der Waals surface area contributed by atoms with Gasteiger partial charge in [0.25, 0.3) is 0 Å². The average Bonchev–Trinajstić information content (AvgIpc) is 3.02. The second-order valence-electron chi connectivity index (χ2n) is 6.01. The maximum atomic E-state index is 12.3. The number of para-hydroxylation sites is 1. The topological polar surface area (TPSA) is 35.6 Å². The lowest BCUT2D eigenvalue weighted by atomic mass is 10.3. The zero-order valence-corrected chi connectivity index (χ0v) is 16.6. The Labute approximate surface area is 162 Å². The van der Waals surface area contributed by atoms with Gasteiger partial charge in [-0.3, -0.25) is 14.6 Å². The van der Waals surface area contributed by atoms with Crippen LogP contribution in [0.3, 0.4) is 0 Å². The highest BCUT2D eigenvalue weighted by atomic mass is 35.5. The zero-order valence-electron chi connectivity index (χ0n) is 14.2. The molecule has 0 bridgehead atoms. The Balaban J connectivity index is 1.44. The molecule has 1 saturated heterocycles. The Morgan fingerprint density at radius 3 is 2.56 bits per heavy atom. The first-order chi connectivity index (χ1) is 12.1. The molecule has 2 heterocycles. The molecule has 2 aromatic rings. The Hall–Kier alpha value is -1.05. The van der Waals surface area contributed by atoms with E-state index >= 15 is 0 Å². The highest BCUT2D eigenvalue weighted by Gasteiger charge is 2.19. The summed E-state index contributed by atoms with van der Waals surface area (Å²) in [6.45, 7) is 5.17. The molecule has 1 N–H and O–H groups in total. The minimum Gasteiger partial charge on any atom is -0.324 e. The third-order valence-corrected chi connectivity index (χ3v) is 6.23. The molecule has 3 rings (SSSR count). The normalized spacial score (nSPS) is 16.1. The van der Waals surface area contributed by atoms with Gasteiger partial charge >= 0.3 is 0 Å². The predicted octanol–water partition coefficient (Wildman–Crippen LogP) is 3.88. The summed E-state index contributed by atoms with van der Waals surface area (Å²) in [5, 5.41) is 3.03. The maximum Gasteiger partial charge on any atom is 0.238 e. The molecule has 1 fully saturated rings. The summed E-state index contributed by atoms with van der Waals surface area (Å²) in [7, 11) is 0. The van der Waals surface area contributed by atoms with Crippen LogP contribution in [0.15, 0.2) is 41.3 Å². The molecule has 25 heavy (non-hydrogen) atoms. The van der Waals surface area contributed by atoms with E-state index in [2.05, 4.69) is 21.2 Å². The smallest absolute Gasteiger partial charge is 0.238 e. The van der Waals surface area contributed by atoms with Crippen molar-refractivity contribution in [1.82, 2.24) is 9.80 Å². The van der Waals surface area contributed by atoms with Gasteiger partial charge in [-0.2, -0.15) is 0 Å².